The van der Waals surface area contributed by atoms with Crippen molar-refractivity contribution in [3.05, 3.63) is 16.4 Å². The average molecular weight is 348 g/mol. The van der Waals surface area contributed by atoms with Gasteiger partial charge in [-0.1, -0.05) is 6.92 Å². The highest BCUT2D eigenvalue weighted by molar-refractivity contribution is 9.10. The molecule has 0 radical (unpaired) electrons. The van der Waals surface area contributed by atoms with Gasteiger partial charge in [-0.05, 0) is 41.7 Å². The smallest absolute Gasteiger partial charge is 0.0696 e. The van der Waals surface area contributed by atoms with Crippen molar-refractivity contribution in [2.24, 2.45) is 0 Å². The Morgan fingerprint density at radius 3 is 2.75 bits per heavy atom. The largest absolute Gasteiger partial charge is 0.385 e. The first kappa shape index (κ1) is 17.6. The summed E-state index contributed by atoms with van der Waals surface area (Å²) in [5.74, 6) is 0. The predicted octanol–water partition coefficient (Wildman–Crippen LogP) is 2.76. The first-order chi connectivity index (χ1) is 9.74. The second-order valence-electron chi connectivity index (χ2n) is 4.74. The number of hydrogen-bond acceptors (Lipinski definition) is 4. The Morgan fingerprint density at radius 2 is 2.10 bits per heavy atom. The van der Waals surface area contributed by atoms with E-state index in [2.05, 4.69) is 33.3 Å². The molecule has 5 nitrogen and oxygen atoms in total. The number of aromatic nitrogens is 2. The average Bonchev–Trinajstić information content (AvgIpc) is 2.81. The second-order valence-corrected chi connectivity index (χ2v) is 5.59. The van der Waals surface area contributed by atoms with Crippen LogP contribution in [-0.4, -0.2) is 43.8 Å². The van der Waals surface area contributed by atoms with Crippen LogP contribution in [0.2, 0.25) is 0 Å². The molecule has 116 valence electrons. The van der Waals surface area contributed by atoms with Gasteiger partial charge in [-0.15, -0.1) is 0 Å². The third kappa shape index (κ3) is 5.52. The Morgan fingerprint density at radius 1 is 1.35 bits per heavy atom. The van der Waals surface area contributed by atoms with Crippen LogP contribution in [0, 0.1) is 0 Å². The molecule has 0 aliphatic carbocycles. The van der Waals surface area contributed by atoms with Crippen molar-refractivity contribution in [3.63, 3.8) is 0 Å². The van der Waals surface area contributed by atoms with Crippen LogP contribution in [-0.2, 0) is 16.0 Å². The molecule has 0 amide bonds. The van der Waals surface area contributed by atoms with Crippen molar-refractivity contribution in [3.8, 4) is 0 Å². The standard InChI is InChI=1S/C14H26BrN3O2/c1-4-7-16-13(6-5-9-19-2)14-12(15)11-17-18(14)8-10-20-3/h11,13,16H,4-10H2,1-3H3. The van der Waals surface area contributed by atoms with Crippen LogP contribution < -0.4 is 5.32 Å². The van der Waals surface area contributed by atoms with Crippen molar-refractivity contribution in [1.29, 1.82) is 0 Å². The van der Waals surface area contributed by atoms with Gasteiger partial charge in [-0.2, -0.15) is 5.10 Å². The highest BCUT2D eigenvalue weighted by atomic mass is 79.9. The van der Waals surface area contributed by atoms with Gasteiger partial charge in [-0.25, -0.2) is 0 Å². The fourth-order valence-corrected chi connectivity index (χ4v) is 2.73. The van der Waals surface area contributed by atoms with Crippen molar-refractivity contribution >= 4 is 15.9 Å². The Kier molecular flexibility index (Phi) is 9.09. The van der Waals surface area contributed by atoms with Crippen molar-refractivity contribution < 1.29 is 9.47 Å². The number of rotatable bonds is 11. The summed E-state index contributed by atoms with van der Waals surface area (Å²) in [7, 11) is 3.46. The monoisotopic (exact) mass is 347 g/mol. The van der Waals surface area contributed by atoms with E-state index in [4.69, 9.17) is 9.47 Å². The van der Waals surface area contributed by atoms with Gasteiger partial charge in [0.2, 0.25) is 0 Å². The molecule has 1 aromatic rings. The van der Waals surface area contributed by atoms with Crippen LogP contribution in [0.4, 0.5) is 0 Å². The lowest BCUT2D eigenvalue weighted by Crippen LogP contribution is -2.26. The van der Waals surface area contributed by atoms with E-state index in [9.17, 15) is 0 Å². The summed E-state index contributed by atoms with van der Waals surface area (Å²) in [5.41, 5.74) is 1.20. The fraction of sp³-hybridized carbons (Fsp3) is 0.786. The Hall–Kier alpha value is -0.430. The summed E-state index contributed by atoms with van der Waals surface area (Å²) in [4.78, 5) is 0. The van der Waals surface area contributed by atoms with E-state index in [0.29, 0.717) is 12.6 Å². The van der Waals surface area contributed by atoms with E-state index in [1.165, 1.54) is 5.69 Å². The maximum Gasteiger partial charge on any atom is 0.0696 e. The quantitative estimate of drug-likeness (QED) is 0.625. The fourth-order valence-electron chi connectivity index (χ4n) is 2.16. The third-order valence-corrected chi connectivity index (χ3v) is 3.76. The van der Waals surface area contributed by atoms with Crippen molar-refractivity contribution in [2.75, 3.05) is 34.0 Å². The van der Waals surface area contributed by atoms with E-state index < -0.39 is 0 Å². The second kappa shape index (κ2) is 10.3. The molecule has 1 heterocycles. The molecule has 0 saturated heterocycles. The van der Waals surface area contributed by atoms with E-state index >= 15 is 0 Å². The van der Waals surface area contributed by atoms with E-state index in [-0.39, 0.29) is 0 Å². The summed E-state index contributed by atoms with van der Waals surface area (Å²) in [6.07, 6.45) is 5.04. The molecular formula is C14H26BrN3O2. The zero-order valence-corrected chi connectivity index (χ0v) is 14.3. The minimum atomic E-state index is 0.291. The maximum absolute atomic E-state index is 5.16. The first-order valence-electron chi connectivity index (χ1n) is 7.17. The van der Waals surface area contributed by atoms with Gasteiger partial charge in [0.15, 0.2) is 0 Å². The number of nitrogens with zero attached hydrogens (tertiary/aromatic N) is 2. The van der Waals surface area contributed by atoms with Gasteiger partial charge in [0, 0.05) is 20.8 Å². The highest BCUT2D eigenvalue weighted by Crippen LogP contribution is 2.26. The Bertz CT molecular complexity index is 371. The summed E-state index contributed by atoms with van der Waals surface area (Å²) >= 11 is 3.62. The number of ether oxygens (including phenoxy) is 2. The van der Waals surface area contributed by atoms with E-state index in [1.54, 1.807) is 14.2 Å². The maximum atomic E-state index is 5.16. The summed E-state index contributed by atoms with van der Waals surface area (Å²) < 4.78 is 13.4. The molecule has 20 heavy (non-hydrogen) atoms. The molecule has 6 heteroatoms. The molecule has 0 aliphatic rings. The molecule has 1 unspecified atom stereocenters. The number of nitrogens with one attached hydrogen (secondary N) is 1. The molecule has 1 rings (SSSR count). The SMILES string of the molecule is CCCNC(CCCOC)c1c(Br)cnn1CCOC. The minimum absolute atomic E-state index is 0.291. The molecule has 0 bridgehead atoms. The summed E-state index contributed by atoms with van der Waals surface area (Å²) in [6, 6.07) is 0.291. The molecule has 0 aliphatic heterocycles. The van der Waals surface area contributed by atoms with Crippen molar-refractivity contribution in [1.82, 2.24) is 15.1 Å². The van der Waals surface area contributed by atoms with Gasteiger partial charge in [0.25, 0.3) is 0 Å². The molecule has 1 aromatic heterocycles. The summed E-state index contributed by atoms with van der Waals surface area (Å²) in [5, 5.41) is 8.03. The molecular weight excluding hydrogens is 322 g/mol. The van der Waals surface area contributed by atoms with Crippen LogP contribution in [0.1, 0.15) is 37.9 Å². The zero-order valence-electron chi connectivity index (χ0n) is 12.7. The van der Waals surface area contributed by atoms with Crippen LogP contribution in [0.15, 0.2) is 10.7 Å². The van der Waals surface area contributed by atoms with Crippen LogP contribution in [0.3, 0.4) is 0 Å². The normalized spacial score (nSPS) is 12.8. The first-order valence-corrected chi connectivity index (χ1v) is 7.96. The van der Waals surface area contributed by atoms with Gasteiger partial charge < -0.3 is 14.8 Å². The van der Waals surface area contributed by atoms with Gasteiger partial charge in [0.1, 0.15) is 0 Å². The van der Waals surface area contributed by atoms with E-state index in [1.807, 2.05) is 10.9 Å². The lowest BCUT2D eigenvalue weighted by Gasteiger charge is -2.20. The van der Waals surface area contributed by atoms with Gasteiger partial charge in [0.05, 0.1) is 35.6 Å². The number of halogens is 1. The molecule has 0 spiro atoms. The molecule has 0 fully saturated rings. The van der Waals surface area contributed by atoms with Crippen molar-refractivity contribution in [2.45, 2.75) is 38.8 Å². The van der Waals surface area contributed by atoms with E-state index in [0.717, 1.165) is 43.4 Å². The number of hydrogen-bond donors (Lipinski definition) is 1. The van der Waals surface area contributed by atoms with Crippen LogP contribution in [0.25, 0.3) is 0 Å². The lowest BCUT2D eigenvalue weighted by atomic mass is 10.1. The zero-order chi connectivity index (χ0) is 14.8. The molecule has 1 N–H and O–H groups in total. The highest BCUT2D eigenvalue weighted by Gasteiger charge is 2.19. The van der Waals surface area contributed by atoms with Gasteiger partial charge >= 0.3 is 0 Å². The summed E-state index contributed by atoms with van der Waals surface area (Å²) in [6.45, 7) is 5.40. The van der Waals surface area contributed by atoms with Crippen LogP contribution >= 0.6 is 15.9 Å². The molecule has 1 atom stereocenters. The van der Waals surface area contributed by atoms with Crippen LogP contribution in [0.5, 0.6) is 0 Å². The number of methoxy groups -OCH3 is 2. The topological polar surface area (TPSA) is 48.3 Å². The Labute approximate surface area is 130 Å². The predicted molar refractivity (Wildman–Crippen MR) is 83.9 cm³/mol. The minimum Gasteiger partial charge on any atom is -0.385 e. The lowest BCUT2D eigenvalue weighted by molar-refractivity contribution is 0.179. The van der Waals surface area contributed by atoms with Gasteiger partial charge in [-0.3, -0.25) is 4.68 Å². The molecule has 0 saturated carbocycles. The molecule has 0 aromatic carbocycles. The Balaban J connectivity index is 2.78. The third-order valence-electron chi connectivity index (χ3n) is 3.15.